The van der Waals surface area contributed by atoms with Crippen LogP contribution in [0.2, 0.25) is 0 Å². The molecular formula is C13H27N3O. The van der Waals surface area contributed by atoms with Crippen molar-refractivity contribution in [2.24, 2.45) is 17.6 Å². The molecule has 1 fully saturated rings. The molecule has 100 valence electrons. The zero-order chi connectivity index (χ0) is 13.0. The van der Waals surface area contributed by atoms with Gasteiger partial charge in [0.2, 0.25) is 5.91 Å². The van der Waals surface area contributed by atoms with E-state index in [0.717, 1.165) is 26.1 Å². The van der Waals surface area contributed by atoms with E-state index in [0.29, 0.717) is 18.4 Å². The summed E-state index contributed by atoms with van der Waals surface area (Å²) in [5.41, 5.74) is 5.73. The second-order valence-corrected chi connectivity index (χ2v) is 5.76. The monoisotopic (exact) mass is 241 g/mol. The van der Waals surface area contributed by atoms with Crippen molar-refractivity contribution in [3.63, 3.8) is 0 Å². The first-order chi connectivity index (χ1) is 7.95. The first kappa shape index (κ1) is 14.5. The minimum absolute atomic E-state index is 0.132. The molecule has 1 aliphatic heterocycles. The molecule has 2 unspecified atom stereocenters. The summed E-state index contributed by atoms with van der Waals surface area (Å²) in [7, 11) is 2.00. The maximum atomic E-state index is 12.3. The van der Waals surface area contributed by atoms with Crippen molar-refractivity contribution in [3.8, 4) is 0 Å². The van der Waals surface area contributed by atoms with Crippen molar-refractivity contribution in [2.45, 2.75) is 33.2 Å². The summed E-state index contributed by atoms with van der Waals surface area (Å²) in [6, 6.07) is -0.132. The number of rotatable bonds is 4. The second-order valence-electron chi connectivity index (χ2n) is 5.76. The standard InChI is InChI=1S/C13H27N3O/c1-10(2)5-6-16-9-11(3)8-15(4)12(7-14)13(16)17/h10-12H,5-9,14H2,1-4H3. The van der Waals surface area contributed by atoms with E-state index in [4.69, 9.17) is 5.73 Å². The number of nitrogens with zero attached hydrogens (tertiary/aromatic N) is 2. The van der Waals surface area contributed by atoms with E-state index >= 15 is 0 Å². The van der Waals surface area contributed by atoms with Crippen LogP contribution in [0.5, 0.6) is 0 Å². The van der Waals surface area contributed by atoms with E-state index in [-0.39, 0.29) is 11.9 Å². The topological polar surface area (TPSA) is 49.6 Å². The molecule has 1 amide bonds. The molecule has 1 saturated heterocycles. The Morgan fingerprint density at radius 3 is 2.59 bits per heavy atom. The predicted molar refractivity (Wildman–Crippen MR) is 70.7 cm³/mol. The van der Waals surface area contributed by atoms with Gasteiger partial charge in [-0.3, -0.25) is 9.69 Å². The largest absolute Gasteiger partial charge is 0.341 e. The van der Waals surface area contributed by atoms with Crippen molar-refractivity contribution >= 4 is 5.91 Å². The summed E-state index contributed by atoms with van der Waals surface area (Å²) in [5, 5.41) is 0. The van der Waals surface area contributed by atoms with E-state index in [1.54, 1.807) is 0 Å². The fourth-order valence-corrected chi connectivity index (χ4v) is 2.44. The highest BCUT2D eigenvalue weighted by Crippen LogP contribution is 2.15. The van der Waals surface area contributed by atoms with E-state index in [2.05, 4.69) is 25.7 Å². The molecule has 0 saturated carbocycles. The number of likely N-dealkylation sites (N-methyl/N-ethyl adjacent to an activating group) is 1. The molecule has 0 aromatic heterocycles. The van der Waals surface area contributed by atoms with Gasteiger partial charge in [-0.15, -0.1) is 0 Å². The van der Waals surface area contributed by atoms with Crippen molar-refractivity contribution < 1.29 is 4.79 Å². The molecule has 2 N–H and O–H groups in total. The highest BCUT2D eigenvalue weighted by molar-refractivity contribution is 5.82. The van der Waals surface area contributed by atoms with E-state index < -0.39 is 0 Å². The summed E-state index contributed by atoms with van der Waals surface area (Å²) >= 11 is 0. The summed E-state index contributed by atoms with van der Waals surface area (Å²) in [6.07, 6.45) is 1.07. The minimum Gasteiger partial charge on any atom is -0.341 e. The molecular weight excluding hydrogens is 214 g/mol. The molecule has 0 aromatic rings. The third-order valence-electron chi connectivity index (χ3n) is 3.46. The zero-order valence-corrected chi connectivity index (χ0v) is 11.6. The molecule has 0 radical (unpaired) electrons. The number of carbonyl (C=O) groups excluding carboxylic acids is 1. The SMILES string of the molecule is CC(C)CCN1CC(C)CN(C)C(CN)C1=O. The molecule has 4 nitrogen and oxygen atoms in total. The van der Waals surface area contributed by atoms with Gasteiger partial charge < -0.3 is 10.6 Å². The second kappa shape index (κ2) is 6.36. The van der Waals surface area contributed by atoms with Gasteiger partial charge in [-0.25, -0.2) is 0 Å². The smallest absolute Gasteiger partial charge is 0.241 e. The van der Waals surface area contributed by atoms with E-state index in [9.17, 15) is 4.79 Å². The van der Waals surface area contributed by atoms with Crippen molar-refractivity contribution in [3.05, 3.63) is 0 Å². The van der Waals surface area contributed by atoms with Crippen LogP contribution < -0.4 is 5.73 Å². The van der Waals surface area contributed by atoms with Gasteiger partial charge in [0, 0.05) is 26.2 Å². The van der Waals surface area contributed by atoms with Crippen LogP contribution in [0.15, 0.2) is 0 Å². The highest BCUT2D eigenvalue weighted by atomic mass is 16.2. The zero-order valence-electron chi connectivity index (χ0n) is 11.6. The lowest BCUT2D eigenvalue weighted by Gasteiger charge is -2.27. The number of amides is 1. The van der Waals surface area contributed by atoms with Gasteiger partial charge >= 0.3 is 0 Å². The first-order valence-electron chi connectivity index (χ1n) is 6.64. The molecule has 1 rings (SSSR count). The lowest BCUT2D eigenvalue weighted by atomic mass is 10.1. The Morgan fingerprint density at radius 2 is 2.06 bits per heavy atom. The number of hydrogen-bond donors (Lipinski definition) is 1. The maximum Gasteiger partial charge on any atom is 0.241 e. The van der Waals surface area contributed by atoms with Crippen LogP contribution >= 0.6 is 0 Å². The van der Waals surface area contributed by atoms with Crippen LogP contribution in [0.1, 0.15) is 27.2 Å². The Labute approximate surface area is 105 Å². The highest BCUT2D eigenvalue weighted by Gasteiger charge is 2.31. The fourth-order valence-electron chi connectivity index (χ4n) is 2.44. The van der Waals surface area contributed by atoms with Gasteiger partial charge in [-0.05, 0) is 25.3 Å². The quantitative estimate of drug-likeness (QED) is 0.791. The third kappa shape index (κ3) is 3.96. The third-order valence-corrected chi connectivity index (χ3v) is 3.46. The number of nitrogens with two attached hydrogens (primary N) is 1. The maximum absolute atomic E-state index is 12.3. The molecule has 0 bridgehead atoms. The molecule has 4 heteroatoms. The summed E-state index contributed by atoms with van der Waals surface area (Å²) in [4.78, 5) is 16.5. The average molecular weight is 241 g/mol. The van der Waals surface area contributed by atoms with Crippen LogP contribution in [0.25, 0.3) is 0 Å². The predicted octanol–water partition coefficient (Wildman–Crippen LogP) is 0.770. The van der Waals surface area contributed by atoms with Gasteiger partial charge in [-0.2, -0.15) is 0 Å². The van der Waals surface area contributed by atoms with Gasteiger partial charge in [0.15, 0.2) is 0 Å². The Morgan fingerprint density at radius 1 is 1.41 bits per heavy atom. The van der Waals surface area contributed by atoms with Crippen LogP contribution in [-0.4, -0.2) is 55.0 Å². The lowest BCUT2D eigenvalue weighted by molar-refractivity contribution is -0.134. The number of hydrogen-bond acceptors (Lipinski definition) is 3. The molecule has 1 heterocycles. The summed E-state index contributed by atoms with van der Waals surface area (Å²) in [5.74, 6) is 1.36. The van der Waals surface area contributed by atoms with Gasteiger partial charge in [0.05, 0.1) is 0 Å². The Kier molecular flexibility index (Phi) is 5.40. The molecule has 2 atom stereocenters. The van der Waals surface area contributed by atoms with Gasteiger partial charge in [0.25, 0.3) is 0 Å². The fraction of sp³-hybridized carbons (Fsp3) is 0.923. The Hall–Kier alpha value is -0.610. The molecule has 0 aliphatic carbocycles. The normalized spacial score (nSPS) is 27.6. The minimum atomic E-state index is -0.132. The van der Waals surface area contributed by atoms with Gasteiger partial charge in [-0.1, -0.05) is 20.8 Å². The number of carbonyl (C=O) groups is 1. The average Bonchev–Trinajstić information content (AvgIpc) is 2.33. The first-order valence-corrected chi connectivity index (χ1v) is 6.64. The van der Waals surface area contributed by atoms with Crippen LogP contribution in [0.3, 0.4) is 0 Å². The van der Waals surface area contributed by atoms with Gasteiger partial charge in [0.1, 0.15) is 6.04 Å². The lowest BCUT2D eigenvalue weighted by Crippen LogP contribution is -2.48. The summed E-state index contributed by atoms with van der Waals surface area (Å²) < 4.78 is 0. The van der Waals surface area contributed by atoms with Crippen molar-refractivity contribution in [1.82, 2.24) is 9.80 Å². The van der Waals surface area contributed by atoms with E-state index in [1.165, 1.54) is 0 Å². The van der Waals surface area contributed by atoms with E-state index in [1.807, 2.05) is 11.9 Å². The molecule has 1 aliphatic rings. The van der Waals surface area contributed by atoms with Crippen LogP contribution in [-0.2, 0) is 4.79 Å². The molecule has 0 spiro atoms. The Balaban J connectivity index is 2.70. The van der Waals surface area contributed by atoms with Crippen molar-refractivity contribution in [1.29, 1.82) is 0 Å². The summed E-state index contributed by atoms with van der Waals surface area (Å²) in [6.45, 7) is 9.69. The molecule has 17 heavy (non-hydrogen) atoms. The van der Waals surface area contributed by atoms with Crippen LogP contribution in [0, 0.1) is 11.8 Å². The van der Waals surface area contributed by atoms with Crippen LogP contribution in [0.4, 0.5) is 0 Å². The van der Waals surface area contributed by atoms with Crippen molar-refractivity contribution in [2.75, 3.05) is 33.2 Å². The molecule has 0 aromatic carbocycles. The Bertz CT molecular complexity index is 255.